The number of rotatable bonds is 4. The van der Waals surface area contributed by atoms with Gasteiger partial charge in [-0.15, -0.1) is 4.40 Å². The number of sulfonamides is 1. The first kappa shape index (κ1) is 20.9. The molecule has 0 spiro atoms. The van der Waals surface area contributed by atoms with Gasteiger partial charge in [0.2, 0.25) is 5.91 Å². The van der Waals surface area contributed by atoms with Crippen molar-refractivity contribution in [3.63, 3.8) is 0 Å². The summed E-state index contributed by atoms with van der Waals surface area (Å²) in [6, 6.07) is 12.5. The lowest BCUT2D eigenvalue weighted by atomic mass is 9.96. The zero-order valence-corrected chi connectivity index (χ0v) is 19.1. The summed E-state index contributed by atoms with van der Waals surface area (Å²) in [5.74, 6) is 0.806. The van der Waals surface area contributed by atoms with Crippen molar-refractivity contribution < 1.29 is 17.9 Å². The van der Waals surface area contributed by atoms with Crippen LogP contribution in [0.2, 0.25) is 0 Å². The smallest absolute Gasteiger partial charge is 0.285 e. The predicted octanol–water partition coefficient (Wildman–Crippen LogP) is 3.49. The molecule has 2 aromatic carbocycles. The summed E-state index contributed by atoms with van der Waals surface area (Å²) < 4.78 is 35.3. The minimum atomic E-state index is -3.69. The summed E-state index contributed by atoms with van der Waals surface area (Å²) >= 11 is 1.41. The van der Waals surface area contributed by atoms with Crippen LogP contribution in [0.4, 0.5) is 5.13 Å². The molecule has 1 fully saturated rings. The fraction of sp³-hybridized carbons (Fsp3) is 0.318. The number of benzene rings is 2. The Morgan fingerprint density at radius 2 is 2.12 bits per heavy atom. The number of nitrogens with one attached hydrogen (secondary N) is 1. The molecular formula is C22H22N4O4S2. The third kappa shape index (κ3) is 3.84. The molecule has 0 aliphatic carbocycles. The topological polar surface area (TPSA) is 101 Å². The summed E-state index contributed by atoms with van der Waals surface area (Å²) in [4.78, 5) is 19.6. The minimum Gasteiger partial charge on any atom is -0.494 e. The van der Waals surface area contributed by atoms with Gasteiger partial charge in [0.05, 0.1) is 22.7 Å². The summed E-state index contributed by atoms with van der Waals surface area (Å²) in [5.41, 5.74) is 1.41. The lowest BCUT2D eigenvalue weighted by Gasteiger charge is -2.33. The van der Waals surface area contributed by atoms with Crippen LogP contribution in [0.5, 0.6) is 5.75 Å². The first-order chi connectivity index (χ1) is 15.4. The van der Waals surface area contributed by atoms with Gasteiger partial charge in [-0.2, -0.15) is 8.42 Å². The molecule has 1 amide bonds. The number of hydrogen-bond donors (Lipinski definition) is 1. The largest absolute Gasteiger partial charge is 0.494 e. The number of piperidine rings is 1. The van der Waals surface area contributed by atoms with Crippen LogP contribution in [0.1, 0.15) is 25.3 Å². The maximum Gasteiger partial charge on any atom is 0.285 e. The maximum absolute atomic E-state index is 13.0. The van der Waals surface area contributed by atoms with Crippen molar-refractivity contribution >= 4 is 48.5 Å². The van der Waals surface area contributed by atoms with Crippen molar-refractivity contribution in [1.29, 1.82) is 0 Å². The van der Waals surface area contributed by atoms with E-state index in [1.807, 2.05) is 30.0 Å². The first-order valence-corrected chi connectivity index (χ1v) is 12.7. The molecule has 1 unspecified atom stereocenters. The maximum atomic E-state index is 13.0. The second kappa shape index (κ2) is 8.18. The molecule has 2 aliphatic heterocycles. The van der Waals surface area contributed by atoms with Crippen molar-refractivity contribution in [2.75, 3.05) is 25.0 Å². The first-order valence-electron chi connectivity index (χ1n) is 10.5. The molecule has 32 heavy (non-hydrogen) atoms. The van der Waals surface area contributed by atoms with Crippen LogP contribution in [0.25, 0.3) is 10.2 Å². The Balaban J connectivity index is 1.32. The SMILES string of the molecule is CCOc1ccc2nc(NC(=O)C3CCCN(C4=NS(=O)(=O)c5ccccc54)C3)sc2c1. The molecule has 3 aromatic rings. The van der Waals surface area contributed by atoms with Crippen molar-refractivity contribution in [3.05, 3.63) is 48.0 Å². The van der Waals surface area contributed by atoms with Crippen molar-refractivity contribution in [2.45, 2.75) is 24.7 Å². The predicted molar refractivity (Wildman–Crippen MR) is 124 cm³/mol. The lowest BCUT2D eigenvalue weighted by Crippen LogP contribution is -2.43. The standard InChI is InChI=1S/C22H22N4O4S2/c1-2-30-15-9-10-17-18(12-15)31-22(23-17)24-21(27)14-6-5-11-26(13-14)20-16-7-3-4-8-19(16)32(28,29)25-20/h3-4,7-10,12,14H,2,5-6,11,13H2,1H3,(H,23,24,27). The van der Waals surface area contributed by atoms with Crippen LogP contribution >= 0.6 is 11.3 Å². The van der Waals surface area contributed by atoms with Gasteiger partial charge in [-0.3, -0.25) is 4.79 Å². The van der Waals surface area contributed by atoms with E-state index >= 15 is 0 Å². The van der Waals surface area contributed by atoms with Gasteiger partial charge in [-0.05, 0) is 50.1 Å². The van der Waals surface area contributed by atoms with Crippen molar-refractivity contribution in [1.82, 2.24) is 9.88 Å². The van der Waals surface area contributed by atoms with Crippen LogP contribution < -0.4 is 10.1 Å². The van der Waals surface area contributed by atoms with Gasteiger partial charge in [0.25, 0.3) is 10.0 Å². The van der Waals surface area contributed by atoms with Crippen LogP contribution in [0.15, 0.2) is 51.8 Å². The molecule has 0 bridgehead atoms. The van der Waals surface area contributed by atoms with Crippen LogP contribution in [-0.2, 0) is 14.8 Å². The number of carbonyl (C=O) groups excluding carboxylic acids is 1. The van der Waals surface area contributed by atoms with Gasteiger partial charge in [0, 0.05) is 18.7 Å². The van der Waals surface area contributed by atoms with Gasteiger partial charge in [0.1, 0.15) is 10.6 Å². The summed E-state index contributed by atoms with van der Waals surface area (Å²) in [5, 5.41) is 3.49. The molecule has 2 aliphatic rings. The zero-order chi connectivity index (χ0) is 22.3. The number of carbonyl (C=O) groups is 1. The number of amides is 1. The number of aromatic nitrogens is 1. The Morgan fingerprint density at radius 3 is 2.97 bits per heavy atom. The average Bonchev–Trinajstić information content (AvgIpc) is 3.31. The highest BCUT2D eigenvalue weighted by Gasteiger charge is 2.35. The average molecular weight is 471 g/mol. The molecule has 3 heterocycles. The minimum absolute atomic E-state index is 0.117. The molecule has 0 radical (unpaired) electrons. The number of anilines is 1. The fourth-order valence-electron chi connectivity index (χ4n) is 4.12. The molecule has 10 heteroatoms. The Bertz CT molecular complexity index is 1330. The van der Waals surface area contributed by atoms with E-state index in [0.717, 1.165) is 28.8 Å². The van der Waals surface area contributed by atoms with Crippen LogP contribution in [0, 0.1) is 5.92 Å². The molecule has 8 nitrogen and oxygen atoms in total. The van der Waals surface area contributed by atoms with E-state index in [1.54, 1.807) is 24.3 Å². The number of nitrogens with zero attached hydrogens (tertiary/aromatic N) is 3. The summed E-state index contributed by atoms with van der Waals surface area (Å²) in [6.45, 7) is 3.59. The van der Waals surface area contributed by atoms with Gasteiger partial charge >= 0.3 is 0 Å². The molecule has 5 rings (SSSR count). The Labute approximate surface area is 190 Å². The highest BCUT2D eigenvalue weighted by atomic mass is 32.2. The van der Waals surface area contributed by atoms with Crippen LogP contribution in [0.3, 0.4) is 0 Å². The number of fused-ring (bicyclic) bond motifs is 2. The zero-order valence-electron chi connectivity index (χ0n) is 17.4. The number of ether oxygens (including phenoxy) is 1. The fourth-order valence-corrected chi connectivity index (χ4v) is 6.25. The van der Waals surface area contributed by atoms with Gasteiger partial charge < -0.3 is 15.0 Å². The monoisotopic (exact) mass is 470 g/mol. The number of amidine groups is 1. The second-order valence-electron chi connectivity index (χ2n) is 7.74. The van der Waals surface area contributed by atoms with Gasteiger partial charge in [-0.1, -0.05) is 23.5 Å². The lowest BCUT2D eigenvalue weighted by molar-refractivity contribution is -0.121. The molecule has 166 valence electrons. The third-order valence-corrected chi connectivity index (χ3v) is 7.86. The highest BCUT2D eigenvalue weighted by Crippen LogP contribution is 2.32. The number of hydrogen-bond acceptors (Lipinski definition) is 7. The van der Waals surface area contributed by atoms with Gasteiger partial charge in [0.15, 0.2) is 11.0 Å². The Hall–Kier alpha value is -2.98. The summed E-state index contributed by atoms with van der Waals surface area (Å²) in [6.07, 6.45) is 1.50. The van der Waals surface area contributed by atoms with E-state index < -0.39 is 10.0 Å². The van der Waals surface area contributed by atoms with E-state index in [9.17, 15) is 13.2 Å². The van der Waals surface area contributed by atoms with E-state index in [-0.39, 0.29) is 16.7 Å². The Morgan fingerprint density at radius 1 is 1.28 bits per heavy atom. The number of thiazole rings is 1. The summed E-state index contributed by atoms with van der Waals surface area (Å²) in [7, 11) is -3.69. The van der Waals surface area contributed by atoms with Crippen LogP contribution in [-0.4, -0.2) is 49.7 Å². The normalized spacial score (nSPS) is 19.5. The van der Waals surface area contributed by atoms with Crippen molar-refractivity contribution in [2.24, 2.45) is 10.3 Å². The van der Waals surface area contributed by atoms with E-state index in [2.05, 4.69) is 14.7 Å². The molecular weight excluding hydrogens is 448 g/mol. The molecule has 1 N–H and O–H groups in total. The molecule has 1 saturated heterocycles. The second-order valence-corrected chi connectivity index (χ2v) is 10.3. The van der Waals surface area contributed by atoms with Gasteiger partial charge in [-0.25, -0.2) is 4.98 Å². The third-order valence-electron chi connectivity index (χ3n) is 5.61. The quantitative estimate of drug-likeness (QED) is 0.626. The van der Waals surface area contributed by atoms with Crippen molar-refractivity contribution in [3.8, 4) is 5.75 Å². The van der Waals surface area contributed by atoms with E-state index in [4.69, 9.17) is 4.74 Å². The highest BCUT2D eigenvalue weighted by molar-refractivity contribution is 7.90. The molecule has 0 saturated carbocycles. The van der Waals surface area contributed by atoms with E-state index in [1.165, 1.54) is 11.3 Å². The molecule has 1 atom stereocenters. The number of likely N-dealkylation sites (tertiary alicyclic amines) is 1. The Kier molecular flexibility index (Phi) is 5.34. The molecule has 1 aromatic heterocycles. The van der Waals surface area contributed by atoms with E-state index in [0.29, 0.717) is 36.2 Å².